The van der Waals surface area contributed by atoms with Gasteiger partial charge in [-0.25, -0.2) is 9.97 Å². The van der Waals surface area contributed by atoms with E-state index in [1.807, 2.05) is 0 Å². The second-order valence-electron chi connectivity index (χ2n) is 11.9. The summed E-state index contributed by atoms with van der Waals surface area (Å²) in [5, 5.41) is 0. The first-order chi connectivity index (χ1) is 18.3. The van der Waals surface area contributed by atoms with Crippen molar-refractivity contribution in [3.63, 3.8) is 0 Å². The smallest absolute Gasteiger partial charge is 0.451 e. The molecule has 1 amide bonds. The van der Waals surface area contributed by atoms with Gasteiger partial charge in [-0.3, -0.25) is 9.69 Å². The van der Waals surface area contributed by atoms with Crippen molar-refractivity contribution < 1.29 is 27.2 Å². The summed E-state index contributed by atoms with van der Waals surface area (Å²) < 4.78 is 45.5. The van der Waals surface area contributed by atoms with Gasteiger partial charge in [-0.2, -0.15) is 13.2 Å². The number of piperidine rings is 1. The van der Waals surface area contributed by atoms with Crippen LogP contribution in [0.4, 0.5) is 13.2 Å². The fraction of sp³-hybridized carbons (Fsp3) is 0.621. The molecule has 2 saturated heterocycles. The summed E-state index contributed by atoms with van der Waals surface area (Å²) in [6.07, 6.45) is 2.59. The number of fused-ring (bicyclic) bond motifs is 1. The molecule has 0 N–H and O–H groups in total. The van der Waals surface area contributed by atoms with Crippen LogP contribution >= 0.6 is 0 Å². The van der Waals surface area contributed by atoms with E-state index in [9.17, 15) is 18.0 Å². The summed E-state index contributed by atoms with van der Waals surface area (Å²) in [5.74, 6) is -0.607. The number of benzene rings is 1. The quantitative estimate of drug-likeness (QED) is 0.342. The Morgan fingerprint density at radius 2 is 1.77 bits per heavy atom. The van der Waals surface area contributed by atoms with Crippen molar-refractivity contribution in [1.82, 2.24) is 19.8 Å². The monoisotopic (exact) mass is 548 g/mol. The molecule has 0 aliphatic carbocycles. The molecule has 3 heterocycles. The molecule has 1 aromatic heterocycles. The molecule has 214 valence electrons. The number of aromatic nitrogens is 2. The number of quaternary nitrogens is 1. The van der Waals surface area contributed by atoms with E-state index in [0.717, 1.165) is 61.3 Å². The van der Waals surface area contributed by atoms with Gasteiger partial charge in [0.25, 0.3) is 5.91 Å². The molecule has 0 radical (unpaired) electrons. The molecule has 0 saturated carbocycles. The third kappa shape index (κ3) is 7.08. The Hall–Kier alpha value is -2.72. The van der Waals surface area contributed by atoms with Gasteiger partial charge in [-0.15, -0.1) is 0 Å². The lowest BCUT2D eigenvalue weighted by Crippen LogP contribution is -2.57. The van der Waals surface area contributed by atoms with Crippen LogP contribution in [-0.2, 0) is 6.18 Å². The van der Waals surface area contributed by atoms with E-state index in [0.29, 0.717) is 26.2 Å². The fourth-order valence-electron chi connectivity index (χ4n) is 5.74. The van der Waals surface area contributed by atoms with Gasteiger partial charge in [0, 0.05) is 44.1 Å². The molecule has 7 nitrogen and oxygen atoms in total. The number of carbonyl (C=O) groups excluding carboxylic acids is 1. The molecule has 0 bridgehead atoms. The lowest BCUT2D eigenvalue weighted by molar-refractivity contribution is -0.870. The van der Waals surface area contributed by atoms with E-state index in [4.69, 9.17) is 4.74 Å². The van der Waals surface area contributed by atoms with Gasteiger partial charge in [-0.05, 0) is 68.7 Å². The number of nitrogens with zero attached hydrogens (tertiary/aromatic N) is 5. The van der Waals surface area contributed by atoms with Crippen LogP contribution in [0.1, 0.15) is 71.0 Å². The number of hydrogen-bond donors (Lipinski definition) is 0. The Kier molecular flexibility index (Phi) is 8.85. The summed E-state index contributed by atoms with van der Waals surface area (Å²) in [6.45, 7) is 7.91. The van der Waals surface area contributed by atoms with Crippen molar-refractivity contribution in [3.05, 3.63) is 52.6 Å². The number of alkyl halides is 3. The Bertz CT molecular complexity index is 1150. The highest BCUT2D eigenvalue weighted by Gasteiger charge is 2.38. The van der Waals surface area contributed by atoms with Crippen molar-refractivity contribution in [2.75, 3.05) is 53.9 Å². The highest BCUT2D eigenvalue weighted by atomic mass is 19.4. The zero-order valence-corrected chi connectivity index (χ0v) is 23.7. The molecular weight excluding hydrogens is 507 g/mol. The molecule has 2 aliphatic rings. The van der Waals surface area contributed by atoms with Crippen LogP contribution in [0.5, 0.6) is 5.75 Å². The summed E-state index contributed by atoms with van der Waals surface area (Å²) in [6, 6.07) is 4.78. The van der Waals surface area contributed by atoms with Crippen molar-refractivity contribution in [2.24, 2.45) is 0 Å². The van der Waals surface area contributed by atoms with Gasteiger partial charge in [0.2, 0.25) is 5.82 Å². The number of hydrogen-bond acceptors (Lipinski definition) is 5. The summed E-state index contributed by atoms with van der Waals surface area (Å²) >= 11 is 0. The minimum absolute atomic E-state index is 0.0864. The molecule has 2 fully saturated rings. The molecular formula is C29H41F3N5O2+. The largest absolute Gasteiger partial charge is 0.493 e. The van der Waals surface area contributed by atoms with Gasteiger partial charge >= 0.3 is 6.18 Å². The average molecular weight is 549 g/mol. The zero-order valence-electron chi connectivity index (χ0n) is 23.7. The predicted molar refractivity (Wildman–Crippen MR) is 144 cm³/mol. The third-order valence-electron chi connectivity index (χ3n) is 8.00. The standard InChI is InChI=1S/C29H41F3N5O2/c1-20-21(2)26(39-16-7-6-15-37(3,4)5)12-11-24(20)25-10-8-9-23-19-35(13-14-36(23)25)27(38)22-17-33-28(34-18-22)29(30,31)32/h11-12,17-18,23,25H,6-10,13-16,19H2,1-5H3/q+1/t23-,25+/m0/s1. The molecule has 1 aromatic carbocycles. The van der Waals surface area contributed by atoms with Crippen LogP contribution in [0, 0.1) is 13.8 Å². The van der Waals surface area contributed by atoms with Crippen LogP contribution in [0.2, 0.25) is 0 Å². The highest BCUT2D eigenvalue weighted by molar-refractivity contribution is 5.93. The second kappa shape index (κ2) is 11.8. The molecule has 2 atom stereocenters. The van der Waals surface area contributed by atoms with Crippen molar-refractivity contribution in [2.45, 2.75) is 64.2 Å². The highest BCUT2D eigenvalue weighted by Crippen LogP contribution is 2.39. The minimum atomic E-state index is -4.63. The van der Waals surface area contributed by atoms with Crippen LogP contribution < -0.4 is 4.74 Å². The van der Waals surface area contributed by atoms with Gasteiger partial charge < -0.3 is 14.1 Å². The van der Waals surface area contributed by atoms with Gasteiger partial charge in [0.05, 0.1) is 39.9 Å². The van der Waals surface area contributed by atoms with Gasteiger partial charge in [-0.1, -0.05) is 6.07 Å². The minimum Gasteiger partial charge on any atom is -0.493 e. The number of rotatable bonds is 8. The van der Waals surface area contributed by atoms with Crippen molar-refractivity contribution >= 4 is 5.91 Å². The van der Waals surface area contributed by atoms with E-state index >= 15 is 0 Å². The predicted octanol–water partition coefficient (Wildman–Crippen LogP) is 5.03. The van der Waals surface area contributed by atoms with E-state index in [-0.39, 0.29) is 23.6 Å². The maximum atomic E-state index is 13.0. The van der Waals surface area contributed by atoms with Crippen LogP contribution in [0.3, 0.4) is 0 Å². The first-order valence-electron chi connectivity index (χ1n) is 13.8. The fourth-order valence-corrected chi connectivity index (χ4v) is 5.74. The topological polar surface area (TPSA) is 58.6 Å². The summed E-state index contributed by atoms with van der Waals surface area (Å²) in [4.78, 5) is 24.0. The lowest BCUT2D eigenvalue weighted by Gasteiger charge is -2.48. The number of unbranched alkanes of at least 4 members (excludes halogenated alkanes) is 1. The van der Waals surface area contributed by atoms with Crippen molar-refractivity contribution in [1.29, 1.82) is 0 Å². The van der Waals surface area contributed by atoms with E-state index < -0.39 is 12.0 Å². The number of halogens is 3. The SMILES string of the molecule is Cc1c(OCCCC[N+](C)(C)C)ccc([C@H]2CCC[C@H]3CN(C(=O)c4cnc(C(F)(F)F)nc4)CCN32)c1C. The Labute approximate surface area is 229 Å². The van der Waals surface area contributed by atoms with Crippen LogP contribution in [0.25, 0.3) is 0 Å². The Balaban J connectivity index is 1.39. The normalized spacial score (nSPS) is 20.6. The summed E-state index contributed by atoms with van der Waals surface area (Å²) in [7, 11) is 6.61. The maximum Gasteiger partial charge on any atom is 0.451 e. The molecule has 2 aliphatic heterocycles. The number of piperazine rings is 1. The van der Waals surface area contributed by atoms with E-state index in [1.165, 1.54) is 16.7 Å². The van der Waals surface area contributed by atoms with Crippen LogP contribution in [0.15, 0.2) is 24.5 Å². The first kappa shape index (κ1) is 29.3. The molecule has 39 heavy (non-hydrogen) atoms. The average Bonchev–Trinajstić information content (AvgIpc) is 2.89. The molecule has 0 unspecified atom stereocenters. The van der Waals surface area contributed by atoms with Crippen molar-refractivity contribution in [3.8, 4) is 5.75 Å². The second-order valence-corrected chi connectivity index (χ2v) is 11.9. The molecule has 10 heteroatoms. The number of amides is 1. The van der Waals surface area contributed by atoms with Gasteiger partial charge in [0.15, 0.2) is 0 Å². The van der Waals surface area contributed by atoms with Gasteiger partial charge in [0.1, 0.15) is 5.75 Å². The molecule has 0 spiro atoms. The number of ether oxygens (including phenoxy) is 1. The van der Waals surface area contributed by atoms with Crippen LogP contribution in [-0.4, -0.2) is 90.1 Å². The number of carbonyl (C=O) groups is 1. The summed E-state index contributed by atoms with van der Waals surface area (Å²) in [5.41, 5.74) is 3.83. The van der Waals surface area contributed by atoms with E-state index in [2.05, 4.69) is 62.0 Å². The van der Waals surface area contributed by atoms with E-state index in [1.54, 1.807) is 4.90 Å². The molecule has 4 rings (SSSR count). The maximum absolute atomic E-state index is 13.0. The third-order valence-corrected chi connectivity index (χ3v) is 8.00. The first-order valence-corrected chi connectivity index (χ1v) is 13.8. The Morgan fingerprint density at radius 3 is 2.44 bits per heavy atom. The lowest BCUT2D eigenvalue weighted by atomic mass is 9.86. The molecule has 2 aromatic rings. The zero-order chi connectivity index (χ0) is 28.4. The Morgan fingerprint density at radius 1 is 1.05 bits per heavy atom.